The maximum Gasteiger partial charge on any atom is 0.251 e. The molecule has 2 aromatic carbocycles. The Hall–Kier alpha value is -3.13. The first kappa shape index (κ1) is 24.5. The average Bonchev–Trinajstić information content (AvgIpc) is 3.16. The molecule has 3 aromatic rings. The Kier molecular flexibility index (Phi) is 8.27. The zero-order valence-corrected chi connectivity index (χ0v) is 20.6. The van der Waals surface area contributed by atoms with Crippen molar-refractivity contribution in [3.05, 3.63) is 71.0 Å². The Bertz CT molecular complexity index is 1090. The third-order valence-electron chi connectivity index (χ3n) is 5.39. The number of nitrogens with zero attached hydrogens (tertiary/aromatic N) is 3. The first-order valence-corrected chi connectivity index (χ1v) is 12.1. The highest BCUT2D eigenvalue weighted by molar-refractivity contribution is 7.99. The number of thioether (sulfide) groups is 1. The van der Waals surface area contributed by atoms with Crippen molar-refractivity contribution >= 4 is 29.3 Å². The van der Waals surface area contributed by atoms with E-state index in [1.165, 1.54) is 17.3 Å². The molecule has 8 heteroatoms. The molecule has 0 saturated carbocycles. The number of carbonyl (C=O) groups is 2. The minimum atomic E-state index is -0.309. The molecule has 1 heterocycles. The fraction of sp³-hybridized carbons (Fsp3) is 0.360. The van der Waals surface area contributed by atoms with Gasteiger partial charge in [-0.05, 0) is 49.1 Å². The van der Waals surface area contributed by atoms with Crippen LogP contribution in [0.15, 0.2) is 53.7 Å². The maximum atomic E-state index is 12.8. The molecule has 0 bridgehead atoms. The van der Waals surface area contributed by atoms with E-state index in [-0.39, 0.29) is 29.5 Å². The number of nitrogens with one attached hydrogen (secondary N) is 2. The van der Waals surface area contributed by atoms with Gasteiger partial charge in [-0.2, -0.15) is 0 Å². The van der Waals surface area contributed by atoms with Crippen LogP contribution in [0.5, 0.6) is 0 Å². The van der Waals surface area contributed by atoms with Gasteiger partial charge in [0.25, 0.3) is 5.91 Å². The van der Waals surface area contributed by atoms with Crippen molar-refractivity contribution in [3.63, 3.8) is 0 Å². The van der Waals surface area contributed by atoms with Crippen LogP contribution in [0.4, 0.5) is 5.69 Å². The van der Waals surface area contributed by atoms with E-state index in [1.54, 1.807) is 0 Å². The summed E-state index contributed by atoms with van der Waals surface area (Å²) in [5.74, 6) is 0.711. The molecule has 0 fully saturated rings. The lowest BCUT2D eigenvalue weighted by Crippen LogP contribution is -2.33. The van der Waals surface area contributed by atoms with Gasteiger partial charge in [-0.1, -0.05) is 62.4 Å². The Balaban J connectivity index is 1.63. The van der Waals surface area contributed by atoms with Crippen molar-refractivity contribution < 1.29 is 9.59 Å². The van der Waals surface area contributed by atoms with Gasteiger partial charge in [0.2, 0.25) is 5.91 Å². The highest BCUT2D eigenvalue weighted by atomic mass is 32.2. The Morgan fingerprint density at radius 2 is 1.70 bits per heavy atom. The highest BCUT2D eigenvalue weighted by Crippen LogP contribution is 2.24. The van der Waals surface area contributed by atoms with Gasteiger partial charge in [0, 0.05) is 18.3 Å². The third-order valence-corrected chi connectivity index (χ3v) is 6.41. The SMILES string of the molecule is CCc1ccc(NC(=O)CSc2nnc([C@H](NC(=O)c3ccc(C)cc3)C(C)C)n2C)cc1. The molecule has 3 rings (SSSR count). The predicted molar refractivity (Wildman–Crippen MR) is 132 cm³/mol. The number of carbonyl (C=O) groups excluding carboxylic acids is 2. The minimum absolute atomic E-state index is 0.106. The van der Waals surface area contributed by atoms with Crippen molar-refractivity contribution in [2.45, 2.75) is 45.3 Å². The summed E-state index contributed by atoms with van der Waals surface area (Å²) in [4.78, 5) is 25.1. The molecule has 0 radical (unpaired) electrons. The van der Waals surface area contributed by atoms with Crippen molar-refractivity contribution in [2.75, 3.05) is 11.1 Å². The van der Waals surface area contributed by atoms with E-state index in [0.29, 0.717) is 16.5 Å². The summed E-state index contributed by atoms with van der Waals surface area (Å²) in [6.45, 7) is 8.13. The standard InChI is InChI=1S/C25H31N5O2S/c1-6-18-9-13-20(14-10-18)26-21(31)15-33-25-29-28-23(30(25)5)22(16(2)3)27-24(32)19-11-7-17(4)8-12-19/h7-14,16,22H,6,15H2,1-5H3,(H,26,31)(H,27,32)/t22-/m1/s1. The fourth-order valence-corrected chi connectivity index (χ4v) is 4.05. The summed E-state index contributed by atoms with van der Waals surface area (Å²) in [5, 5.41) is 15.2. The number of benzene rings is 2. The first-order valence-electron chi connectivity index (χ1n) is 11.1. The molecular formula is C25H31N5O2S. The second-order valence-corrected chi connectivity index (χ2v) is 9.29. The number of aryl methyl sites for hydroxylation is 2. The number of hydrogen-bond acceptors (Lipinski definition) is 5. The normalized spacial score (nSPS) is 11.9. The molecule has 0 aliphatic heterocycles. The van der Waals surface area contributed by atoms with Crippen LogP contribution >= 0.6 is 11.8 Å². The molecule has 0 saturated heterocycles. The second kappa shape index (κ2) is 11.1. The molecule has 7 nitrogen and oxygen atoms in total. The van der Waals surface area contributed by atoms with Gasteiger partial charge in [-0.25, -0.2) is 0 Å². The van der Waals surface area contributed by atoms with Crippen molar-refractivity contribution in [2.24, 2.45) is 13.0 Å². The first-order chi connectivity index (χ1) is 15.8. The van der Waals surface area contributed by atoms with Crippen LogP contribution in [0.3, 0.4) is 0 Å². The molecule has 0 aliphatic rings. The summed E-state index contributed by atoms with van der Waals surface area (Å²) >= 11 is 1.31. The Labute approximate surface area is 199 Å². The largest absolute Gasteiger partial charge is 0.342 e. The van der Waals surface area contributed by atoms with E-state index in [4.69, 9.17) is 0 Å². The molecule has 1 aromatic heterocycles. The Morgan fingerprint density at radius 1 is 1.03 bits per heavy atom. The second-order valence-electron chi connectivity index (χ2n) is 8.35. The summed E-state index contributed by atoms with van der Waals surface area (Å²) in [5.41, 5.74) is 3.70. The van der Waals surface area contributed by atoms with E-state index in [2.05, 4.69) is 27.8 Å². The lowest BCUT2D eigenvalue weighted by molar-refractivity contribution is -0.113. The van der Waals surface area contributed by atoms with E-state index in [9.17, 15) is 9.59 Å². The van der Waals surface area contributed by atoms with E-state index in [0.717, 1.165) is 17.7 Å². The number of anilines is 1. The molecule has 0 aliphatic carbocycles. The van der Waals surface area contributed by atoms with Crippen molar-refractivity contribution in [3.8, 4) is 0 Å². The molecule has 2 amide bonds. The average molecular weight is 466 g/mol. The van der Waals surface area contributed by atoms with Crippen LogP contribution in [-0.4, -0.2) is 32.3 Å². The van der Waals surface area contributed by atoms with Crippen LogP contribution in [-0.2, 0) is 18.3 Å². The molecular weight excluding hydrogens is 434 g/mol. The van der Waals surface area contributed by atoms with Crippen LogP contribution in [0, 0.1) is 12.8 Å². The van der Waals surface area contributed by atoms with E-state index < -0.39 is 0 Å². The monoisotopic (exact) mass is 465 g/mol. The van der Waals surface area contributed by atoms with Gasteiger partial charge < -0.3 is 15.2 Å². The van der Waals surface area contributed by atoms with Gasteiger partial charge in [-0.3, -0.25) is 9.59 Å². The molecule has 33 heavy (non-hydrogen) atoms. The molecule has 1 atom stereocenters. The van der Waals surface area contributed by atoms with Gasteiger partial charge in [0.15, 0.2) is 11.0 Å². The van der Waals surface area contributed by atoms with Crippen LogP contribution in [0.1, 0.15) is 54.1 Å². The van der Waals surface area contributed by atoms with Gasteiger partial charge in [-0.15, -0.1) is 10.2 Å². The topological polar surface area (TPSA) is 88.9 Å². The number of aromatic nitrogens is 3. The number of hydrogen-bond donors (Lipinski definition) is 2. The third kappa shape index (κ3) is 6.44. The summed E-state index contributed by atoms with van der Waals surface area (Å²) in [6, 6.07) is 15.0. The van der Waals surface area contributed by atoms with Crippen molar-refractivity contribution in [1.82, 2.24) is 20.1 Å². The lowest BCUT2D eigenvalue weighted by Gasteiger charge is -2.21. The maximum absolute atomic E-state index is 12.8. The van der Waals surface area contributed by atoms with Crippen LogP contribution < -0.4 is 10.6 Å². The number of amides is 2. The van der Waals surface area contributed by atoms with Gasteiger partial charge >= 0.3 is 0 Å². The molecule has 0 spiro atoms. The molecule has 174 valence electrons. The van der Waals surface area contributed by atoms with E-state index >= 15 is 0 Å². The number of rotatable bonds is 9. The smallest absolute Gasteiger partial charge is 0.251 e. The van der Waals surface area contributed by atoms with E-state index in [1.807, 2.05) is 80.9 Å². The minimum Gasteiger partial charge on any atom is -0.342 e. The highest BCUT2D eigenvalue weighted by Gasteiger charge is 2.25. The molecule has 0 unspecified atom stereocenters. The van der Waals surface area contributed by atoms with Crippen LogP contribution in [0.2, 0.25) is 0 Å². The molecule has 2 N–H and O–H groups in total. The summed E-state index contributed by atoms with van der Waals surface area (Å²) in [6.07, 6.45) is 0.960. The quantitative estimate of drug-likeness (QED) is 0.453. The predicted octanol–water partition coefficient (Wildman–Crippen LogP) is 4.54. The Morgan fingerprint density at radius 3 is 2.30 bits per heavy atom. The lowest BCUT2D eigenvalue weighted by atomic mass is 10.0. The van der Waals surface area contributed by atoms with Crippen LogP contribution in [0.25, 0.3) is 0 Å². The van der Waals surface area contributed by atoms with Gasteiger partial charge in [0.05, 0.1) is 11.8 Å². The zero-order chi connectivity index (χ0) is 24.0. The summed E-state index contributed by atoms with van der Waals surface area (Å²) < 4.78 is 1.84. The summed E-state index contributed by atoms with van der Waals surface area (Å²) in [7, 11) is 1.85. The van der Waals surface area contributed by atoms with Gasteiger partial charge in [0.1, 0.15) is 0 Å². The van der Waals surface area contributed by atoms with Crippen molar-refractivity contribution in [1.29, 1.82) is 0 Å². The zero-order valence-electron chi connectivity index (χ0n) is 19.8. The fourth-order valence-electron chi connectivity index (χ4n) is 3.33.